The number of nitrogens with zero attached hydrogens (tertiary/aromatic N) is 3. The van der Waals surface area contributed by atoms with Crippen LogP contribution in [-0.4, -0.2) is 105 Å². The summed E-state index contributed by atoms with van der Waals surface area (Å²) in [6.45, 7) is 15.1. The fourth-order valence-corrected chi connectivity index (χ4v) is 9.14. The molecular weight excluding hydrogens is 789 g/mol. The van der Waals surface area contributed by atoms with Gasteiger partial charge in [-0.2, -0.15) is 0 Å². The van der Waals surface area contributed by atoms with Crippen LogP contribution in [0.4, 0.5) is 5.69 Å². The Labute approximate surface area is 359 Å². The summed E-state index contributed by atoms with van der Waals surface area (Å²) >= 11 is 1.14. The molecule has 1 saturated carbocycles. The van der Waals surface area contributed by atoms with E-state index in [-0.39, 0.29) is 67.3 Å². The van der Waals surface area contributed by atoms with Crippen LogP contribution in [0.25, 0.3) is 0 Å². The Kier molecular flexibility index (Phi) is 17.5. The number of hydrogen-bond donors (Lipinski definition) is 5. The Bertz CT molecular complexity index is 1770. The van der Waals surface area contributed by atoms with Crippen LogP contribution in [0.5, 0.6) is 0 Å². The summed E-state index contributed by atoms with van der Waals surface area (Å²) in [6.07, 6.45) is 2.07. The highest BCUT2D eigenvalue weighted by Crippen LogP contribution is 2.55. The van der Waals surface area contributed by atoms with Gasteiger partial charge in [0, 0.05) is 48.3 Å². The molecule has 1 aliphatic carbocycles. The highest BCUT2D eigenvalue weighted by Gasteiger charge is 2.57. The van der Waals surface area contributed by atoms with Gasteiger partial charge in [0.2, 0.25) is 5.91 Å². The molecule has 2 aliphatic rings. The molecule has 15 nitrogen and oxygen atoms in total. The van der Waals surface area contributed by atoms with Gasteiger partial charge in [0.25, 0.3) is 5.91 Å². The molecule has 334 valence electrons. The number of ether oxygens (including phenoxy) is 2. The number of hydrogen-bond acceptors (Lipinski definition) is 13. The number of likely N-dealkylation sites (tertiary alicyclic amines) is 1. The number of benzene rings is 1. The molecule has 9 atom stereocenters. The minimum atomic E-state index is -1.30. The highest BCUT2D eigenvalue weighted by atomic mass is 32.1. The van der Waals surface area contributed by atoms with Gasteiger partial charge in [-0.15, -0.1) is 11.3 Å². The van der Waals surface area contributed by atoms with Crippen LogP contribution in [0.15, 0.2) is 29.6 Å². The number of anilines is 1. The third-order valence-electron chi connectivity index (χ3n) is 12.1. The summed E-state index contributed by atoms with van der Waals surface area (Å²) < 4.78 is 11.7. The number of carboxylic acid groups (broad SMARTS) is 1. The lowest BCUT2D eigenvalue weighted by Gasteiger charge is -2.43. The molecule has 4 rings (SSSR count). The fraction of sp³-hybridized carbons (Fsp3) is 0.682. The number of carboxylic acids is 1. The Morgan fingerprint density at radius 1 is 1.08 bits per heavy atom. The minimum Gasteiger partial charge on any atom is -0.481 e. The van der Waals surface area contributed by atoms with E-state index in [4.69, 9.17) is 15.2 Å². The molecule has 2 heterocycles. The number of esters is 2. The number of nitrogen functional groups attached to an aromatic ring is 1. The van der Waals surface area contributed by atoms with Crippen molar-refractivity contribution >= 4 is 46.7 Å². The maximum absolute atomic E-state index is 13.9. The van der Waals surface area contributed by atoms with Crippen LogP contribution in [0.3, 0.4) is 0 Å². The first kappa shape index (κ1) is 48.5. The van der Waals surface area contributed by atoms with E-state index in [2.05, 4.69) is 15.6 Å². The molecule has 1 aliphatic heterocycles. The van der Waals surface area contributed by atoms with E-state index >= 15 is 0 Å². The van der Waals surface area contributed by atoms with Gasteiger partial charge in [-0.25, -0.2) is 9.88 Å². The van der Waals surface area contributed by atoms with Crippen LogP contribution in [0.2, 0.25) is 0 Å². The van der Waals surface area contributed by atoms with E-state index in [1.54, 1.807) is 29.3 Å². The smallest absolute Gasteiger partial charge is 0.307 e. The second-order valence-corrected chi connectivity index (χ2v) is 18.7. The van der Waals surface area contributed by atoms with Crippen LogP contribution in [0, 0.1) is 23.7 Å². The maximum Gasteiger partial charge on any atom is 0.307 e. The summed E-state index contributed by atoms with van der Waals surface area (Å²) in [7, 11) is 1.93. The highest BCUT2D eigenvalue weighted by molar-refractivity contribution is 7.09. The largest absolute Gasteiger partial charge is 0.481 e. The Morgan fingerprint density at radius 2 is 1.77 bits per heavy atom. The molecule has 2 amide bonds. The number of amides is 2. The summed E-state index contributed by atoms with van der Waals surface area (Å²) in [4.78, 5) is 73.6. The molecule has 4 unspecified atom stereocenters. The van der Waals surface area contributed by atoms with Gasteiger partial charge in [-0.05, 0) is 74.7 Å². The van der Waals surface area contributed by atoms with Crippen molar-refractivity contribution in [2.75, 3.05) is 26.1 Å². The monoisotopic (exact) mass is 856 g/mol. The lowest BCUT2D eigenvalue weighted by Crippen LogP contribution is -2.61. The van der Waals surface area contributed by atoms with Crippen LogP contribution in [-0.2, 0) is 28.7 Å². The molecule has 0 radical (unpaired) electrons. The number of carbonyl (C=O) groups is 5. The first-order valence-corrected chi connectivity index (χ1v) is 22.3. The van der Waals surface area contributed by atoms with Crippen molar-refractivity contribution < 1.29 is 43.7 Å². The number of likely N-dealkylation sites (N-methyl/N-ethyl adjacent to an activating group) is 1. The average Bonchev–Trinajstić information content (AvgIpc) is 3.62. The van der Waals surface area contributed by atoms with Gasteiger partial charge in [0.1, 0.15) is 23.7 Å². The second-order valence-electron chi connectivity index (χ2n) is 17.8. The first-order chi connectivity index (χ1) is 28.3. The molecule has 16 heteroatoms. The Hall–Kier alpha value is -4.12. The summed E-state index contributed by atoms with van der Waals surface area (Å²) in [5, 5.41) is 30.3. The first-order valence-electron chi connectivity index (χ1n) is 21.4. The molecule has 2 fully saturated rings. The van der Waals surface area contributed by atoms with E-state index < -0.39 is 59.7 Å². The number of rotatable bonds is 22. The van der Waals surface area contributed by atoms with Crippen molar-refractivity contribution in [3.05, 3.63) is 45.9 Å². The molecule has 1 aromatic heterocycles. The number of piperidine rings is 1. The van der Waals surface area contributed by atoms with Crippen LogP contribution < -0.4 is 16.4 Å². The average molecular weight is 857 g/mol. The zero-order valence-electron chi connectivity index (χ0n) is 36.8. The number of aliphatic hydroxyl groups excluding tert-OH is 1. The fourth-order valence-electron chi connectivity index (χ4n) is 8.30. The molecule has 1 saturated heterocycles. The van der Waals surface area contributed by atoms with Crippen molar-refractivity contribution in [3.8, 4) is 0 Å². The van der Waals surface area contributed by atoms with E-state index in [1.165, 1.54) is 6.92 Å². The molecule has 2 aromatic rings. The van der Waals surface area contributed by atoms with Crippen LogP contribution in [0.1, 0.15) is 140 Å². The number of nitrogens with one attached hydrogen (secondary N) is 2. The Morgan fingerprint density at radius 3 is 2.35 bits per heavy atom. The molecule has 1 aromatic carbocycles. The second kappa shape index (κ2) is 21.6. The van der Waals surface area contributed by atoms with E-state index in [1.807, 2.05) is 65.6 Å². The number of carbonyl (C=O) groups excluding carboxylic acids is 4. The van der Waals surface area contributed by atoms with Gasteiger partial charge in [-0.3, -0.25) is 28.9 Å². The standard InChI is InChI=1S/C44H68N6O9S/c1-10-27(6)38(47-40(54)34-13-11-12-18-49(34)9)42(55)50(24-58-37(52)19-25(2)3)35(26(4)5)20-36(59-29(8)51)41-46-33(23-60-41)39(53)48-44(21-28(7)43(56)57)22-32(44)30-14-16-31(45)17-15-30/h14-17,23,25-28,32,34-36,38,42,55H,10-13,18-22,24,45H2,1-9H3,(H,47,54)(H,48,53)(H,56,57)/t27-,28?,32?,34+,35+,36+,38-,42?,44?/m0/s1. The molecule has 60 heavy (non-hydrogen) atoms. The number of aromatic nitrogens is 1. The van der Waals surface area contributed by atoms with E-state index in [0.29, 0.717) is 30.0 Å². The summed E-state index contributed by atoms with van der Waals surface area (Å²) in [5.74, 6) is -3.80. The predicted octanol–water partition coefficient (Wildman–Crippen LogP) is 5.69. The zero-order chi connectivity index (χ0) is 44.5. The van der Waals surface area contributed by atoms with Crippen molar-refractivity contribution in [2.45, 2.75) is 149 Å². The summed E-state index contributed by atoms with van der Waals surface area (Å²) in [5.41, 5.74) is 6.72. The predicted molar refractivity (Wildman–Crippen MR) is 230 cm³/mol. The Balaban J connectivity index is 1.64. The number of nitrogens with two attached hydrogens (primary N) is 1. The number of aliphatic hydroxyl groups is 1. The quantitative estimate of drug-likeness (QED) is 0.0548. The van der Waals surface area contributed by atoms with Gasteiger partial charge in [-0.1, -0.05) is 73.4 Å². The maximum atomic E-state index is 13.9. The number of aliphatic carboxylic acids is 1. The third-order valence-corrected chi connectivity index (χ3v) is 13.0. The van der Waals surface area contributed by atoms with Crippen molar-refractivity contribution in [3.63, 3.8) is 0 Å². The normalized spacial score (nSPS) is 22.4. The molecule has 0 spiro atoms. The van der Waals surface area contributed by atoms with Gasteiger partial charge in [0.05, 0.1) is 18.0 Å². The molecule has 0 bridgehead atoms. The topological polar surface area (TPSA) is 214 Å². The SMILES string of the molecule is CC[C@H](C)[C@H](NC(=O)[C@H]1CCCCN1C)C(O)N(COC(=O)CC(C)C)[C@H](C[C@@H](OC(C)=O)c1nc(C(=O)NC2(CC(C)C(=O)O)CC2c2ccc(N)cc2)cs1)C(C)C. The van der Waals surface area contributed by atoms with Gasteiger partial charge < -0.3 is 36.1 Å². The van der Waals surface area contributed by atoms with Crippen molar-refractivity contribution in [1.82, 2.24) is 25.4 Å². The minimum absolute atomic E-state index is 0.0417. The molecule has 6 N–H and O–H groups in total. The van der Waals surface area contributed by atoms with Crippen molar-refractivity contribution in [1.29, 1.82) is 0 Å². The van der Waals surface area contributed by atoms with Gasteiger partial charge >= 0.3 is 17.9 Å². The van der Waals surface area contributed by atoms with Crippen LogP contribution >= 0.6 is 11.3 Å². The van der Waals surface area contributed by atoms with E-state index in [0.717, 1.165) is 36.3 Å². The van der Waals surface area contributed by atoms with E-state index in [9.17, 15) is 34.2 Å². The zero-order valence-corrected chi connectivity index (χ0v) is 37.6. The lowest BCUT2D eigenvalue weighted by atomic mass is 9.91. The molecular formula is C44H68N6O9S. The lowest BCUT2D eigenvalue weighted by molar-refractivity contribution is -0.168. The summed E-state index contributed by atoms with van der Waals surface area (Å²) in [6, 6.07) is 5.68. The van der Waals surface area contributed by atoms with Crippen molar-refractivity contribution in [2.24, 2.45) is 23.7 Å². The number of thiazole rings is 1. The third kappa shape index (κ3) is 12.9. The van der Waals surface area contributed by atoms with Gasteiger partial charge in [0.15, 0.2) is 6.10 Å².